The average molecular weight is 413 g/mol. The Balaban J connectivity index is 1.60. The number of benzene rings is 2. The highest BCUT2D eigenvalue weighted by Gasteiger charge is 2.15. The zero-order valence-corrected chi connectivity index (χ0v) is 16.7. The molecular formula is C20H19N3O5S. The highest BCUT2D eigenvalue weighted by atomic mass is 32.2. The molecule has 150 valence electrons. The normalized spacial score (nSPS) is 10.4. The minimum atomic E-state index is -0.471. The van der Waals surface area contributed by atoms with Gasteiger partial charge in [-0.25, -0.2) is 4.79 Å². The molecule has 1 N–H and O–H groups in total. The van der Waals surface area contributed by atoms with E-state index >= 15 is 0 Å². The summed E-state index contributed by atoms with van der Waals surface area (Å²) in [5.41, 5.74) is 1.54. The Morgan fingerprint density at radius 3 is 2.76 bits per heavy atom. The maximum atomic E-state index is 12.2. The number of carbonyl (C=O) groups excluding carboxylic acids is 2. The summed E-state index contributed by atoms with van der Waals surface area (Å²) in [6.07, 6.45) is 0. The second-order valence-electron chi connectivity index (χ2n) is 5.71. The summed E-state index contributed by atoms with van der Waals surface area (Å²) >= 11 is 1.11. The molecule has 1 amide bonds. The summed E-state index contributed by atoms with van der Waals surface area (Å²) in [5, 5.41) is 11.0. The molecule has 8 nitrogen and oxygen atoms in total. The Morgan fingerprint density at radius 2 is 1.97 bits per heavy atom. The Hall–Kier alpha value is -3.33. The summed E-state index contributed by atoms with van der Waals surface area (Å²) in [4.78, 5) is 23.8. The Labute approximate surface area is 171 Å². The third kappa shape index (κ3) is 5.35. The van der Waals surface area contributed by atoms with Crippen molar-refractivity contribution in [3.63, 3.8) is 0 Å². The number of esters is 1. The van der Waals surface area contributed by atoms with E-state index in [0.29, 0.717) is 35.1 Å². The van der Waals surface area contributed by atoms with Gasteiger partial charge in [-0.15, -0.1) is 10.2 Å². The molecular weight excluding hydrogens is 394 g/mol. The van der Waals surface area contributed by atoms with E-state index in [1.54, 1.807) is 24.3 Å². The fourth-order valence-electron chi connectivity index (χ4n) is 2.47. The molecule has 0 atom stereocenters. The van der Waals surface area contributed by atoms with E-state index in [1.807, 2.05) is 31.2 Å². The number of amides is 1. The number of thioether (sulfide) groups is 1. The van der Waals surface area contributed by atoms with Crippen LogP contribution in [0.3, 0.4) is 0 Å². The van der Waals surface area contributed by atoms with Crippen LogP contribution >= 0.6 is 11.8 Å². The molecule has 3 aromatic rings. The third-order valence-corrected chi connectivity index (χ3v) is 4.54. The summed E-state index contributed by atoms with van der Waals surface area (Å²) in [5.74, 6) is 0.297. The maximum absolute atomic E-state index is 12.2. The van der Waals surface area contributed by atoms with Gasteiger partial charge in [0, 0.05) is 5.69 Å². The number of ether oxygens (including phenoxy) is 2. The Morgan fingerprint density at radius 1 is 1.14 bits per heavy atom. The number of hydrogen-bond acceptors (Lipinski definition) is 8. The summed E-state index contributed by atoms with van der Waals surface area (Å²) in [6.45, 7) is 2.41. The molecule has 0 saturated carbocycles. The summed E-state index contributed by atoms with van der Waals surface area (Å²) in [7, 11) is 1.30. The molecule has 1 heterocycles. The number of para-hydroxylation sites is 1. The Kier molecular flexibility index (Phi) is 6.85. The van der Waals surface area contributed by atoms with Crippen molar-refractivity contribution in [2.45, 2.75) is 12.1 Å². The smallest absolute Gasteiger partial charge is 0.337 e. The van der Waals surface area contributed by atoms with Crippen LogP contribution in [-0.2, 0) is 9.53 Å². The number of nitrogens with zero attached hydrogens (tertiary/aromatic N) is 2. The van der Waals surface area contributed by atoms with Crippen molar-refractivity contribution < 1.29 is 23.5 Å². The van der Waals surface area contributed by atoms with Gasteiger partial charge in [-0.05, 0) is 37.3 Å². The van der Waals surface area contributed by atoms with Gasteiger partial charge in [-0.3, -0.25) is 4.79 Å². The molecule has 0 spiro atoms. The van der Waals surface area contributed by atoms with Gasteiger partial charge < -0.3 is 19.2 Å². The van der Waals surface area contributed by atoms with E-state index in [1.165, 1.54) is 7.11 Å². The number of carbonyl (C=O) groups is 2. The summed E-state index contributed by atoms with van der Waals surface area (Å²) < 4.78 is 15.9. The molecule has 0 aliphatic heterocycles. The van der Waals surface area contributed by atoms with Gasteiger partial charge in [0.15, 0.2) is 0 Å². The largest absolute Gasteiger partial charge is 0.493 e. The van der Waals surface area contributed by atoms with E-state index in [9.17, 15) is 9.59 Å². The van der Waals surface area contributed by atoms with Crippen molar-refractivity contribution in [1.29, 1.82) is 0 Å². The molecule has 9 heteroatoms. The molecule has 3 rings (SSSR count). The zero-order valence-electron chi connectivity index (χ0n) is 15.9. The first kappa shape index (κ1) is 20.4. The van der Waals surface area contributed by atoms with Gasteiger partial charge in [0.05, 0.1) is 30.6 Å². The van der Waals surface area contributed by atoms with Gasteiger partial charge in [-0.2, -0.15) is 0 Å². The number of nitrogens with one attached hydrogen (secondary N) is 1. The van der Waals surface area contributed by atoms with Gasteiger partial charge in [0.2, 0.25) is 5.91 Å². The van der Waals surface area contributed by atoms with Crippen LogP contribution in [0.5, 0.6) is 5.75 Å². The molecule has 0 saturated heterocycles. The predicted molar refractivity (Wildman–Crippen MR) is 108 cm³/mol. The molecule has 29 heavy (non-hydrogen) atoms. The van der Waals surface area contributed by atoms with Crippen LogP contribution in [0.25, 0.3) is 11.5 Å². The van der Waals surface area contributed by atoms with E-state index in [4.69, 9.17) is 9.15 Å². The van der Waals surface area contributed by atoms with E-state index < -0.39 is 5.97 Å². The topological polar surface area (TPSA) is 104 Å². The number of anilines is 1. The van der Waals surface area contributed by atoms with E-state index in [0.717, 1.165) is 11.8 Å². The van der Waals surface area contributed by atoms with Crippen LogP contribution in [0.1, 0.15) is 17.3 Å². The first-order chi connectivity index (χ1) is 14.1. The fourth-order valence-corrected chi connectivity index (χ4v) is 3.03. The van der Waals surface area contributed by atoms with Crippen molar-refractivity contribution >= 4 is 29.3 Å². The lowest BCUT2D eigenvalue weighted by molar-refractivity contribution is -0.113. The molecule has 0 aliphatic rings. The van der Waals surface area contributed by atoms with Crippen LogP contribution in [0.4, 0.5) is 5.69 Å². The van der Waals surface area contributed by atoms with Gasteiger partial charge >= 0.3 is 5.97 Å². The van der Waals surface area contributed by atoms with Crippen molar-refractivity contribution in [3.8, 4) is 17.2 Å². The first-order valence-electron chi connectivity index (χ1n) is 8.77. The highest BCUT2D eigenvalue weighted by molar-refractivity contribution is 7.99. The minimum absolute atomic E-state index is 0.0667. The monoisotopic (exact) mass is 413 g/mol. The van der Waals surface area contributed by atoms with Gasteiger partial charge in [-0.1, -0.05) is 30.0 Å². The van der Waals surface area contributed by atoms with Crippen LogP contribution in [0.2, 0.25) is 0 Å². The molecule has 0 fully saturated rings. The second-order valence-corrected chi connectivity index (χ2v) is 6.64. The molecule has 0 unspecified atom stereocenters. The molecule has 2 aromatic carbocycles. The molecule has 1 aromatic heterocycles. The standard InChI is InChI=1S/C20H19N3O5S/c1-3-27-16-10-5-4-9-15(16)18-22-23-20(28-18)29-12-17(24)21-14-8-6-7-13(11-14)19(25)26-2/h4-11H,3,12H2,1-2H3,(H,21,24). The summed E-state index contributed by atoms with van der Waals surface area (Å²) in [6, 6.07) is 13.9. The maximum Gasteiger partial charge on any atom is 0.337 e. The van der Waals surface area contributed by atoms with Crippen LogP contribution in [0, 0.1) is 0 Å². The highest BCUT2D eigenvalue weighted by Crippen LogP contribution is 2.30. The minimum Gasteiger partial charge on any atom is -0.493 e. The van der Waals surface area contributed by atoms with Crippen molar-refractivity contribution in [2.75, 3.05) is 24.8 Å². The third-order valence-electron chi connectivity index (χ3n) is 3.72. The molecule has 0 radical (unpaired) electrons. The average Bonchev–Trinajstić information content (AvgIpc) is 3.21. The lowest BCUT2D eigenvalue weighted by Crippen LogP contribution is -2.14. The van der Waals surface area contributed by atoms with Crippen molar-refractivity contribution in [2.24, 2.45) is 0 Å². The lowest BCUT2D eigenvalue weighted by atomic mass is 10.2. The van der Waals surface area contributed by atoms with E-state index in [-0.39, 0.29) is 16.9 Å². The lowest BCUT2D eigenvalue weighted by Gasteiger charge is -2.06. The number of aromatic nitrogens is 2. The molecule has 0 aliphatic carbocycles. The number of rotatable bonds is 8. The second kappa shape index (κ2) is 9.74. The Bertz CT molecular complexity index is 1010. The fraction of sp³-hybridized carbons (Fsp3) is 0.200. The van der Waals surface area contributed by atoms with Crippen molar-refractivity contribution in [3.05, 3.63) is 54.1 Å². The van der Waals surface area contributed by atoms with Crippen LogP contribution in [-0.4, -0.2) is 41.5 Å². The zero-order chi connectivity index (χ0) is 20.6. The quantitative estimate of drug-likeness (QED) is 0.441. The van der Waals surface area contributed by atoms with Gasteiger partial charge in [0.25, 0.3) is 11.1 Å². The van der Waals surface area contributed by atoms with Gasteiger partial charge in [0.1, 0.15) is 5.75 Å². The SMILES string of the molecule is CCOc1ccccc1-c1nnc(SCC(=O)Nc2cccc(C(=O)OC)c2)o1. The predicted octanol–water partition coefficient (Wildman–Crippen LogP) is 3.65. The van der Waals surface area contributed by atoms with Crippen LogP contribution < -0.4 is 10.1 Å². The van der Waals surface area contributed by atoms with Crippen molar-refractivity contribution in [1.82, 2.24) is 10.2 Å². The first-order valence-corrected chi connectivity index (χ1v) is 9.76. The number of methoxy groups -OCH3 is 1. The molecule has 0 bridgehead atoms. The van der Waals surface area contributed by atoms with Crippen LogP contribution in [0.15, 0.2) is 58.2 Å². The number of hydrogen-bond donors (Lipinski definition) is 1. The van der Waals surface area contributed by atoms with E-state index in [2.05, 4.69) is 20.3 Å².